The number of nitrogens with one attached hydrogen (secondary N) is 1. The summed E-state index contributed by atoms with van der Waals surface area (Å²) in [6.07, 6.45) is 1.71. The molecule has 0 aliphatic carbocycles. The standard InChI is InChI=1S/C22H21BrCl2N2O3/c1-28-20-12-16(13-26-8-9-29-21-4-2-3-7-27-21)10-17(23)22(20)30-14-15-5-6-18(24)19(25)11-15/h2-7,10-12,26H,8-9,13-14H2,1H3. The molecule has 30 heavy (non-hydrogen) atoms. The maximum Gasteiger partial charge on any atom is 0.213 e. The lowest BCUT2D eigenvalue weighted by atomic mass is 10.2. The van der Waals surface area contributed by atoms with Crippen LogP contribution in [-0.4, -0.2) is 25.2 Å². The molecular formula is C22H21BrCl2N2O3. The Balaban J connectivity index is 1.54. The maximum absolute atomic E-state index is 6.07. The second kappa shape index (κ2) is 11.4. The first kappa shape index (κ1) is 22.7. The van der Waals surface area contributed by atoms with E-state index >= 15 is 0 Å². The summed E-state index contributed by atoms with van der Waals surface area (Å²) in [6.45, 7) is 2.22. The number of benzene rings is 2. The van der Waals surface area contributed by atoms with Crippen molar-refractivity contribution < 1.29 is 14.2 Å². The summed E-state index contributed by atoms with van der Waals surface area (Å²) in [7, 11) is 1.62. The Morgan fingerprint density at radius 1 is 1.00 bits per heavy atom. The van der Waals surface area contributed by atoms with Gasteiger partial charge in [-0.05, 0) is 57.4 Å². The molecular weight excluding hydrogens is 491 g/mol. The summed E-state index contributed by atoms with van der Waals surface area (Å²) in [4.78, 5) is 4.13. The molecule has 0 radical (unpaired) electrons. The molecule has 3 rings (SSSR count). The molecule has 5 nitrogen and oxygen atoms in total. The molecule has 1 heterocycles. The second-order valence-electron chi connectivity index (χ2n) is 6.34. The third-order valence-corrected chi connectivity index (χ3v) is 5.48. The number of nitrogens with zero attached hydrogens (tertiary/aromatic N) is 1. The van der Waals surface area contributed by atoms with Crippen LogP contribution in [0, 0.1) is 0 Å². The summed E-state index contributed by atoms with van der Waals surface area (Å²) in [5, 5.41) is 4.35. The summed E-state index contributed by atoms with van der Waals surface area (Å²) in [5.74, 6) is 1.89. The Labute approximate surface area is 194 Å². The highest BCUT2D eigenvalue weighted by molar-refractivity contribution is 9.10. The molecule has 8 heteroatoms. The number of ether oxygens (including phenoxy) is 3. The van der Waals surface area contributed by atoms with Crippen LogP contribution in [0.2, 0.25) is 10.0 Å². The number of methoxy groups -OCH3 is 1. The molecule has 0 amide bonds. The van der Waals surface area contributed by atoms with E-state index in [9.17, 15) is 0 Å². The first-order valence-electron chi connectivity index (χ1n) is 9.24. The minimum absolute atomic E-state index is 0.342. The van der Waals surface area contributed by atoms with Gasteiger partial charge in [0.1, 0.15) is 13.2 Å². The lowest BCUT2D eigenvalue weighted by molar-refractivity contribution is 0.282. The van der Waals surface area contributed by atoms with Crippen molar-refractivity contribution >= 4 is 39.1 Å². The summed E-state index contributed by atoms with van der Waals surface area (Å²) in [5.41, 5.74) is 1.97. The van der Waals surface area contributed by atoms with Crippen molar-refractivity contribution in [3.05, 3.63) is 80.4 Å². The van der Waals surface area contributed by atoms with Gasteiger partial charge in [-0.1, -0.05) is 35.3 Å². The van der Waals surface area contributed by atoms with Crippen molar-refractivity contribution in [1.29, 1.82) is 0 Å². The fourth-order valence-corrected chi connectivity index (χ4v) is 3.62. The predicted molar refractivity (Wildman–Crippen MR) is 123 cm³/mol. The predicted octanol–water partition coefficient (Wildman–Crippen LogP) is 5.91. The largest absolute Gasteiger partial charge is 0.493 e. The Hall–Kier alpha value is -1.99. The Morgan fingerprint density at radius 2 is 1.87 bits per heavy atom. The van der Waals surface area contributed by atoms with Gasteiger partial charge in [0.2, 0.25) is 5.88 Å². The number of aromatic nitrogens is 1. The van der Waals surface area contributed by atoms with Gasteiger partial charge in [0.15, 0.2) is 11.5 Å². The topological polar surface area (TPSA) is 52.6 Å². The molecule has 0 fully saturated rings. The zero-order valence-corrected chi connectivity index (χ0v) is 19.4. The van der Waals surface area contributed by atoms with Gasteiger partial charge in [0, 0.05) is 25.4 Å². The molecule has 0 saturated carbocycles. The van der Waals surface area contributed by atoms with Gasteiger partial charge in [-0.3, -0.25) is 0 Å². The van der Waals surface area contributed by atoms with E-state index in [0.717, 1.165) is 15.6 Å². The molecule has 1 aromatic heterocycles. The van der Waals surface area contributed by atoms with Crippen LogP contribution >= 0.6 is 39.1 Å². The van der Waals surface area contributed by atoms with E-state index in [1.54, 1.807) is 25.4 Å². The van der Waals surface area contributed by atoms with Gasteiger partial charge >= 0.3 is 0 Å². The van der Waals surface area contributed by atoms with Crippen LogP contribution < -0.4 is 19.5 Å². The maximum atomic E-state index is 6.07. The van der Waals surface area contributed by atoms with Crippen molar-refractivity contribution in [2.75, 3.05) is 20.3 Å². The average Bonchev–Trinajstić information content (AvgIpc) is 2.75. The van der Waals surface area contributed by atoms with Gasteiger partial charge in [0.25, 0.3) is 0 Å². The molecule has 0 bridgehead atoms. The fourth-order valence-electron chi connectivity index (χ4n) is 2.69. The summed E-state index contributed by atoms with van der Waals surface area (Å²) < 4.78 is 17.9. The van der Waals surface area contributed by atoms with E-state index in [1.165, 1.54) is 0 Å². The molecule has 0 unspecified atom stereocenters. The van der Waals surface area contributed by atoms with E-state index in [0.29, 0.717) is 53.7 Å². The zero-order chi connectivity index (χ0) is 21.3. The Bertz CT molecular complexity index is 974. The van der Waals surface area contributed by atoms with Crippen LogP contribution in [-0.2, 0) is 13.2 Å². The van der Waals surface area contributed by atoms with Crippen LogP contribution in [0.25, 0.3) is 0 Å². The van der Waals surface area contributed by atoms with Crippen LogP contribution in [0.15, 0.2) is 59.2 Å². The van der Waals surface area contributed by atoms with Gasteiger partial charge in [-0.25, -0.2) is 4.98 Å². The SMILES string of the molecule is COc1cc(CNCCOc2ccccn2)cc(Br)c1OCc1ccc(Cl)c(Cl)c1. The van der Waals surface area contributed by atoms with Crippen molar-refractivity contribution in [2.45, 2.75) is 13.2 Å². The van der Waals surface area contributed by atoms with Gasteiger partial charge in [-0.2, -0.15) is 0 Å². The van der Waals surface area contributed by atoms with Crippen LogP contribution in [0.5, 0.6) is 17.4 Å². The molecule has 0 spiro atoms. The van der Waals surface area contributed by atoms with E-state index in [2.05, 4.69) is 26.2 Å². The average molecular weight is 512 g/mol. The van der Waals surface area contributed by atoms with E-state index in [-0.39, 0.29) is 0 Å². The molecule has 0 aliphatic heterocycles. The van der Waals surface area contributed by atoms with Gasteiger partial charge in [-0.15, -0.1) is 0 Å². The van der Waals surface area contributed by atoms with Crippen LogP contribution in [0.4, 0.5) is 0 Å². The third-order valence-electron chi connectivity index (χ3n) is 4.15. The molecule has 1 N–H and O–H groups in total. The zero-order valence-electron chi connectivity index (χ0n) is 16.3. The van der Waals surface area contributed by atoms with Crippen LogP contribution in [0.1, 0.15) is 11.1 Å². The number of rotatable bonds is 10. The van der Waals surface area contributed by atoms with Gasteiger partial charge in [0.05, 0.1) is 21.6 Å². The number of hydrogen-bond acceptors (Lipinski definition) is 5. The van der Waals surface area contributed by atoms with Crippen molar-refractivity contribution in [1.82, 2.24) is 10.3 Å². The molecule has 0 aliphatic rings. The quantitative estimate of drug-likeness (QED) is 0.343. The molecule has 158 valence electrons. The highest BCUT2D eigenvalue weighted by atomic mass is 79.9. The molecule has 2 aromatic carbocycles. The highest BCUT2D eigenvalue weighted by Gasteiger charge is 2.12. The third kappa shape index (κ3) is 6.51. The first-order chi connectivity index (χ1) is 14.6. The lowest BCUT2D eigenvalue weighted by Crippen LogP contribution is -2.20. The van der Waals surface area contributed by atoms with E-state index in [1.807, 2.05) is 36.4 Å². The Morgan fingerprint density at radius 3 is 2.60 bits per heavy atom. The number of halogens is 3. The van der Waals surface area contributed by atoms with E-state index in [4.69, 9.17) is 37.4 Å². The fraction of sp³-hybridized carbons (Fsp3) is 0.227. The first-order valence-corrected chi connectivity index (χ1v) is 10.8. The minimum atomic E-state index is 0.342. The van der Waals surface area contributed by atoms with Crippen molar-refractivity contribution in [3.8, 4) is 17.4 Å². The molecule has 3 aromatic rings. The smallest absolute Gasteiger partial charge is 0.213 e. The highest BCUT2D eigenvalue weighted by Crippen LogP contribution is 2.37. The second-order valence-corrected chi connectivity index (χ2v) is 8.01. The molecule has 0 saturated heterocycles. The normalized spacial score (nSPS) is 10.7. The number of hydrogen-bond donors (Lipinski definition) is 1. The summed E-state index contributed by atoms with van der Waals surface area (Å²) >= 11 is 15.6. The van der Waals surface area contributed by atoms with E-state index < -0.39 is 0 Å². The van der Waals surface area contributed by atoms with Crippen molar-refractivity contribution in [3.63, 3.8) is 0 Å². The summed E-state index contributed by atoms with van der Waals surface area (Å²) in [6, 6.07) is 14.9. The Kier molecular flexibility index (Phi) is 8.63. The monoisotopic (exact) mass is 510 g/mol. The lowest BCUT2D eigenvalue weighted by Gasteiger charge is -2.15. The number of pyridine rings is 1. The van der Waals surface area contributed by atoms with Gasteiger partial charge < -0.3 is 19.5 Å². The van der Waals surface area contributed by atoms with Crippen LogP contribution in [0.3, 0.4) is 0 Å². The van der Waals surface area contributed by atoms with Crippen molar-refractivity contribution in [2.24, 2.45) is 0 Å². The minimum Gasteiger partial charge on any atom is -0.493 e. The molecule has 0 atom stereocenters.